The van der Waals surface area contributed by atoms with Crippen molar-refractivity contribution in [3.05, 3.63) is 17.4 Å². The molecule has 1 aliphatic rings. The molecule has 0 heterocycles. The Kier molecular flexibility index (Phi) is 4.38. The van der Waals surface area contributed by atoms with Crippen LogP contribution in [0.1, 0.15) is 37.7 Å². The molecule has 1 saturated carbocycles. The van der Waals surface area contributed by atoms with Gasteiger partial charge < -0.3 is 19.9 Å². The van der Waals surface area contributed by atoms with Crippen molar-refractivity contribution in [1.29, 1.82) is 0 Å². The fraction of sp³-hybridized carbons (Fsp3) is 0.600. The van der Waals surface area contributed by atoms with E-state index in [2.05, 4.69) is 0 Å². The second kappa shape index (κ2) is 5.87. The van der Waals surface area contributed by atoms with Gasteiger partial charge in [0.2, 0.25) is 0 Å². The highest BCUT2D eigenvalue weighted by Gasteiger charge is 2.38. The second-order valence-electron chi connectivity index (χ2n) is 5.22. The van der Waals surface area contributed by atoms with E-state index in [1.807, 2.05) is 0 Å². The lowest BCUT2D eigenvalue weighted by Gasteiger charge is -2.36. The van der Waals surface area contributed by atoms with Crippen molar-refractivity contribution in [1.82, 2.24) is 0 Å². The van der Waals surface area contributed by atoms with E-state index in [4.69, 9.17) is 19.9 Å². The van der Waals surface area contributed by atoms with Crippen LogP contribution >= 0.6 is 0 Å². The molecule has 0 amide bonds. The van der Waals surface area contributed by atoms with Crippen molar-refractivity contribution in [3.63, 3.8) is 0 Å². The summed E-state index contributed by atoms with van der Waals surface area (Å²) >= 11 is 0. The third-order valence-electron chi connectivity index (χ3n) is 4.02. The normalized spacial score (nSPS) is 17.6. The molecule has 1 aliphatic carbocycles. The largest absolute Gasteiger partial charge is 0.493 e. The van der Waals surface area contributed by atoms with Gasteiger partial charge in [-0.15, -0.1) is 0 Å². The number of ether oxygens (including phenoxy) is 3. The molecule has 0 unspecified atom stereocenters. The molecule has 0 saturated heterocycles. The van der Waals surface area contributed by atoms with Crippen LogP contribution in [0.4, 0.5) is 4.39 Å². The summed E-state index contributed by atoms with van der Waals surface area (Å²) in [6.45, 7) is 0. The van der Waals surface area contributed by atoms with Crippen LogP contribution in [0.2, 0.25) is 0 Å². The van der Waals surface area contributed by atoms with Crippen LogP contribution in [-0.4, -0.2) is 21.3 Å². The number of benzene rings is 1. The van der Waals surface area contributed by atoms with E-state index in [-0.39, 0.29) is 5.75 Å². The number of halogens is 1. The van der Waals surface area contributed by atoms with E-state index in [0.717, 1.165) is 32.1 Å². The highest BCUT2D eigenvalue weighted by atomic mass is 19.1. The summed E-state index contributed by atoms with van der Waals surface area (Å²) in [5.41, 5.74) is 6.49. The molecule has 2 N–H and O–H groups in total. The molecule has 5 heteroatoms. The van der Waals surface area contributed by atoms with E-state index in [0.29, 0.717) is 17.1 Å². The zero-order valence-electron chi connectivity index (χ0n) is 12.3. The maximum Gasteiger partial charge on any atom is 0.169 e. The van der Waals surface area contributed by atoms with Crippen LogP contribution in [-0.2, 0) is 5.54 Å². The van der Waals surface area contributed by atoms with Crippen LogP contribution in [0, 0.1) is 5.82 Å². The molecular weight excluding hydrogens is 261 g/mol. The Morgan fingerprint density at radius 1 is 1.00 bits per heavy atom. The minimum Gasteiger partial charge on any atom is -0.493 e. The summed E-state index contributed by atoms with van der Waals surface area (Å²) in [5, 5.41) is 0. The maximum absolute atomic E-state index is 14.2. The first-order valence-electron chi connectivity index (χ1n) is 6.85. The van der Waals surface area contributed by atoms with Crippen molar-refractivity contribution in [3.8, 4) is 17.2 Å². The number of hydrogen-bond acceptors (Lipinski definition) is 4. The van der Waals surface area contributed by atoms with Crippen molar-refractivity contribution >= 4 is 0 Å². The van der Waals surface area contributed by atoms with Gasteiger partial charge in [0.15, 0.2) is 23.1 Å². The molecule has 112 valence electrons. The minimum absolute atomic E-state index is 0.159. The Labute approximate surface area is 119 Å². The zero-order valence-corrected chi connectivity index (χ0v) is 12.3. The van der Waals surface area contributed by atoms with Gasteiger partial charge >= 0.3 is 0 Å². The predicted octanol–water partition coefficient (Wildman–Crippen LogP) is 2.97. The van der Waals surface area contributed by atoms with E-state index in [1.165, 1.54) is 27.4 Å². The zero-order chi connectivity index (χ0) is 14.8. The third-order valence-corrected chi connectivity index (χ3v) is 4.02. The average Bonchev–Trinajstić information content (AvgIpc) is 2.46. The van der Waals surface area contributed by atoms with Gasteiger partial charge in [-0.25, -0.2) is 4.39 Å². The number of nitrogens with two attached hydrogens (primary N) is 1. The number of methoxy groups -OCH3 is 3. The van der Waals surface area contributed by atoms with Gasteiger partial charge in [-0.05, 0) is 12.8 Å². The molecule has 0 atom stereocenters. The molecule has 0 bridgehead atoms. The molecule has 0 aliphatic heterocycles. The number of hydrogen-bond donors (Lipinski definition) is 1. The van der Waals surface area contributed by atoms with Gasteiger partial charge in [0.25, 0.3) is 0 Å². The van der Waals surface area contributed by atoms with Crippen molar-refractivity contribution in [2.24, 2.45) is 5.73 Å². The summed E-state index contributed by atoms with van der Waals surface area (Å²) in [6.07, 6.45) is 4.75. The molecule has 0 radical (unpaired) electrons. The summed E-state index contributed by atoms with van der Waals surface area (Å²) < 4.78 is 30.1. The van der Waals surface area contributed by atoms with Crippen LogP contribution < -0.4 is 19.9 Å². The summed E-state index contributed by atoms with van der Waals surface area (Å²) in [7, 11) is 4.46. The SMILES string of the molecule is COc1cc(F)c(OC)c(C2(N)CCCCC2)c1OC. The predicted molar refractivity (Wildman–Crippen MR) is 75.0 cm³/mol. The molecule has 1 fully saturated rings. The lowest BCUT2D eigenvalue weighted by Crippen LogP contribution is -2.39. The third kappa shape index (κ3) is 2.42. The van der Waals surface area contributed by atoms with E-state index in [1.54, 1.807) is 0 Å². The highest BCUT2D eigenvalue weighted by molar-refractivity contribution is 5.58. The molecule has 20 heavy (non-hydrogen) atoms. The van der Waals surface area contributed by atoms with Crippen LogP contribution in [0.25, 0.3) is 0 Å². The van der Waals surface area contributed by atoms with Crippen molar-refractivity contribution in [2.75, 3.05) is 21.3 Å². The van der Waals surface area contributed by atoms with E-state index >= 15 is 0 Å². The lowest BCUT2D eigenvalue weighted by atomic mass is 9.76. The second-order valence-corrected chi connectivity index (χ2v) is 5.22. The maximum atomic E-state index is 14.2. The van der Waals surface area contributed by atoms with E-state index in [9.17, 15) is 4.39 Å². The topological polar surface area (TPSA) is 53.7 Å². The molecule has 0 spiro atoms. The smallest absolute Gasteiger partial charge is 0.169 e. The molecule has 0 aromatic heterocycles. The quantitative estimate of drug-likeness (QED) is 0.923. The molecule has 1 aromatic carbocycles. The van der Waals surface area contributed by atoms with Crippen LogP contribution in [0.3, 0.4) is 0 Å². The Balaban J connectivity index is 2.66. The highest BCUT2D eigenvalue weighted by Crippen LogP contribution is 2.48. The van der Waals surface area contributed by atoms with Gasteiger partial charge in [0, 0.05) is 11.6 Å². The van der Waals surface area contributed by atoms with Gasteiger partial charge in [-0.3, -0.25) is 0 Å². The van der Waals surface area contributed by atoms with Gasteiger partial charge in [0.05, 0.1) is 26.9 Å². The molecule has 4 nitrogen and oxygen atoms in total. The Morgan fingerprint density at radius 2 is 1.60 bits per heavy atom. The van der Waals surface area contributed by atoms with Crippen molar-refractivity contribution < 1.29 is 18.6 Å². The molecule has 2 rings (SSSR count). The van der Waals surface area contributed by atoms with Gasteiger partial charge in [-0.2, -0.15) is 0 Å². The van der Waals surface area contributed by atoms with Crippen LogP contribution in [0.5, 0.6) is 17.2 Å². The summed E-state index contributed by atoms with van der Waals surface area (Å²) in [6, 6.07) is 1.27. The number of rotatable bonds is 4. The standard InChI is InChI=1S/C15H22FNO3/c1-18-11-9-10(16)13(19-2)12(14(11)20-3)15(17)7-5-4-6-8-15/h9H,4-8,17H2,1-3H3. The Bertz CT molecular complexity index is 484. The first-order valence-corrected chi connectivity index (χ1v) is 6.85. The first-order chi connectivity index (χ1) is 9.57. The average molecular weight is 283 g/mol. The van der Waals surface area contributed by atoms with Gasteiger partial charge in [-0.1, -0.05) is 19.3 Å². The fourth-order valence-electron chi connectivity index (χ4n) is 3.03. The Hall–Kier alpha value is -1.49. The van der Waals surface area contributed by atoms with Crippen LogP contribution in [0.15, 0.2) is 6.07 Å². The summed E-state index contributed by atoms with van der Waals surface area (Å²) in [4.78, 5) is 0. The lowest BCUT2D eigenvalue weighted by molar-refractivity contribution is 0.263. The fourth-order valence-corrected chi connectivity index (χ4v) is 3.03. The first kappa shape index (κ1) is 14.9. The summed E-state index contributed by atoms with van der Waals surface area (Å²) in [5.74, 6) is 0.494. The molecular formula is C15H22FNO3. The minimum atomic E-state index is -0.635. The monoisotopic (exact) mass is 283 g/mol. The van der Waals surface area contributed by atoms with E-state index < -0.39 is 11.4 Å². The molecule has 1 aromatic rings. The Morgan fingerprint density at radius 3 is 2.10 bits per heavy atom. The van der Waals surface area contributed by atoms with Gasteiger partial charge in [0.1, 0.15) is 0 Å². The van der Waals surface area contributed by atoms with Crippen molar-refractivity contribution in [2.45, 2.75) is 37.6 Å².